The summed E-state index contributed by atoms with van der Waals surface area (Å²) in [4.78, 5) is 9.23. The standard InChI is InChI=1S/C23H20ClFN4OS/c24-20-4-2-1-3-16(20)14-30-22-17(9-15-5-6-18(25)10-21(15)28-22)11-26-12-19-13-29-7-8-31-23(29)27-19/h1-6,9-10,13,26H,7-8,11-12,14H2. The summed E-state index contributed by atoms with van der Waals surface area (Å²) in [5.74, 6) is 1.23. The molecule has 5 nitrogen and oxygen atoms in total. The van der Waals surface area contributed by atoms with E-state index in [1.54, 1.807) is 17.8 Å². The normalized spacial score (nSPS) is 13.0. The smallest absolute Gasteiger partial charge is 0.218 e. The molecule has 158 valence electrons. The zero-order chi connectivity index (χ0) is 21.2. The average Bonchev–Trinajstić information content (AvgIpc) is 3.35. The van der Waals surface area contributed by atoms with Gasteiger partial charge in [-0.1, -0.05) is 41.6 Å². The summed E-state index contributed by atoms with van der Waals surface area (Å²) in [6, 6.07) is 14.1. The van der Waals surface area contributed by atoms with Gasteiger partial charge in [-0.25, -0.2) is 14.4 Å². The number of pyridine rings is 1. The minimum absolute atomic E-state index is 0.283. The fraction of sp³-hybridized carbons (Fsp3) is 0.217. The third-order valence-corrected chi connectivity index (χ3v) is 6.46. The van der Waals surface area contributed by atoms with Crippen molar-refractivity contribution in [3.8, 4) is 5.88 Å². The lowest BCUT2D eigenvalue weighted by atomic mass is 10.1. The maximum Gasteiger partial charge on any atom is 0.218 e. The second-order valence-corrected chi connectivity index (χ2v) is 8.80. The predicted octanol–water partition coefficient (Wildman–Crippen LogP) is 5.20. The van der Waals surface area contributed by atoms with E-state index in [0.717, 1.165) is 39.7 Å². The molecule has 5 rings (SSSR count). The molecule has 0 bridgehead atoms. The first-order valence-corrected chi connectivity index (χ1v) is 11.4. The van der Waals surface area contributed by atoms with E-state index in [4.69, 9.17) is 16.3 Å². The van der Waals surface area contributed by atoms with Crippen LogP contribution in [0.25, 0.3) is 10.9 Å². The quantitative estimate of drug-likeness (QED) is 0.416. The summed E-state index contributed by atoms with van der Waals surface area (Å²) in [5.41, 5.74) is 3.33. The Balaban J connectivity index is 1.35. The van der Waals surface area contributed by atoms with E-state index < -0.39 is 0 Å². The molecule has 0 amide bonds. The first-order chi connectivity index (χ1) is 15.2. The highest BCUT2D eigenvalue weighted by Crippen LogP contribution is 2.26. The Hall–Kier alpha value is -2.61. The molecule has 0 atom stereocenters. The van der Waals surface area contributed by atoms with Gasteiger partial charge < -0.3 is 14.6 Å². The molecule has 2 aromatic carbocycles. The number of hydrogen-bond donors (Lipinski definition) is 1. The maximum atomic E-state index is 13.7. The Kier molecular flexibility index (Phi) is 5.80. The Morgan fingerprint density at radius 1 is 1.10 bits per heavy atom. The van der Waals surface area contributed by atoms with Crippen LogP contribution in [0.1, 0.15) is 16.8 Å². The van der Waals surface area contributed by atoms with Crippen molar-refractivity contribution >= 4 is 34.3 Å². The zero-order valence-corrected chi connectivity index (χ0v) is 18.2. The lowest BCUT2D eigenvalue weighted by molar-refractivity contribution is 0.291. The Morgan fingerprint density at radius 2 is 2.00 bits per heavy atom. The van der Waals surface area contributed by atoms with Crippen molar-refractivity contribution in [3.05, 3.63) is 82.4 Å². The van der Waals surface area contributed by atoms with Gasteiger partial charge in [-0.15, -0.1) is 0 Å². The van der Waals surface area contributed by atoms with Crippen molar-refractivity contribution in [3.63, 3.8) is 0 Å². The number of rotatable bonds is 7. The summed E-state index contributed by atoms with van der Waals surface area (Å²) in [7, 11) is 0. The lowest BCUT2D eigenvalue weighted by Gasteiger charge is -2.13. The van der Waals surface area contributed by atoms with Gasteiger partial charge in [-0.05, 0) is 24.3 Å². The summed E-state index contributed by atoms with van der Waals surface area (Å²) in [5, 5.41) is 6.01. The molecule has 3 heterocycles. The van der Waals surface area contributed by atoms with Crippen molar-refractivity contribution in [2.75, 3.05) is 5.75 Å². The summed E-state index contributed by atoms with van der Waals surface area (Å²) in [6.45, 7) is 2.49. The Bertz CT molecular complexity index is 1220. The molecule has 0 spiro atoms. The lowest BCUT2D eigenvalue weighted by Crippen LogP contribution is -2.15. The first kappa shape index (κ1) is 20.3. The molecule has 0 unspecified atom stereocenters. The number of aromatic nitrogens is 3. The van der Waals surface area contributed by atoms with Crippen LogP contribution in [0.3, 0.4) is 0 Å². The number of imidazole rings is 1. The van der Waals surface area contributed by atoms with E-state index in [1.807, 2.05) is 30.3 Å². The van der Waals surface area contributed by atoms with Crippen LogP contribution in [0.5, 0.6) is 5.88 Å². The molecular weight excluding hydrogens is 435 g/mol. The van der Waals surface area contributed by atoms with Gasteiger partial charge in [0.05, 0.1) is 11.2 Å². The van der Waals surface area contributed by atoms with Crippen LogP contribution in [0.4, 0.5) is 4.39 Å². The van der Waals surface area contributed by atoms with E-state index in [9.17, 15) is 4.39 Å². The number of ether oxygens (including phenoxy) is 1. The minimum atomic E-state index is -0.325. The summed E-state index contributed by atoms with van der Waals surface area (Å²) in [6.07, 6.45) is 2.10. The van der Waals surface area contributed by atoms with E-state index in [1.165, 1.54) is 12.1 Å². The van der Waals surface area contributed by atoms with Gasteiger partial charge >= 0.3 is 0 Å². The number of nitrogens with one attached hydrogen (secondary N) is 1. The van der Waals surface area contributed by atoms with E-state index in [0.29, 0.717) is 29.5 Å². The fourth-order valence-electron chi connectivity index (χ4n) is 3.55. The van der Waals surface area contributed by atoms with E-state index in [-0.39, 0.29) is 12.4 Å². The van der Waals surface area contributed by atoms with Gasteiger partial charge in [-0.2, -0.15) is 0 Å². The van der Waals surface area contributed by atoms with Crippen LogP contribution < -0.4 is 10.1 Å². The number of hydrogen-bond acceptors (Lipinski definition) is 5. The number of nitrogens with zero attached hydrogens (tertiary/aromatic N) is 3. The maximum absolute atomic E-state index is 13.7. The van der Waals surface area contributed by atoms with Gasteiger partial charge in [0.1, 0.15) is 12.4 Å². The fourth-order valence-corrected chi connectivity index (χ4v) is 4.70. The summed E-state index contributed by atoms with van der Waals surface area (Å²) >= 11 is 8.04. The van der Waals surface area contributed by atoms with Crippen molar-refractivity contribution in [1.82, 2.24) is 19.9 Å². The van der Waals surface area contributed by atoms with Gasteiger partial charge in [0.2, 0.25) is 5.88 Å². The summed E-state index contributed by atoms with van der Waals surface area (Å²) < 4.78 is 21.9. The van der Waals surface area contributed by atoms with Crippen molar-refractivity contribution in [2.45, 2.75) is 31.4 Å². The predicted molar refractivity (Wildman–Crippen MR) is 121 cm³/mol. The van der Waals surface area contributed by atoms with Crippen LogP contribution in [-0.2, 0) is 26.2 Å². The van der Waals surface area contributed by atoms with Gasteiger partial charge in [0.15, 0.2) is 5.16 Å². The highest BCUT2D eigenvalue weighted by Gasteiger charge is 2.15. The van der Waals surface area contributed by atoms with Crippen LogP contribution >= 0.6 is 23.4 Å². The topological polar surface area (TPSA) is 52.0 Å². The van der Waals surface area contributed by atoms with Crippen LogP contribution in [0.15, 0.2) is 59.9 Å². The second kappa shape index (κ2) is 8.86. The molecule has 0 saturated carbocycles. The molecule has 0 radical (unpaired) electrons. The van der Waals surface area contributed by atoms with Crippen molar-refractivity contribution in [1.29, 1.82) is 0 Å². The molecule has 1 aliphatic rings. The highest BCUT2D eigenvalue weighted by atomic mass is 35.5. The molecule has 0 fully saturated rings. The van der Waals surface area contributed by atoms with E-state index >= 15 is 0 Å². The monoisotopic (exact) mass is 454 g/mol. The van der Waals surface area contributed by atoms with Crippen molar-refractivity contribution < 1.29 is 9.13 Å². The largest absolute Gasteiger partial charge is 0.472 e. The first-order valence-electron chi connectivity index (χ1n) is 10.0. The van der Waals surface area contributed by atoms with Crippen LogP contribution in [-0.4, -0.2) is 20.3 Å². The van der Waals surface area contributed by atoms with Crippen LogP contribution in [0.2, 0.25) is 5.02 Å². The third kappa shape index (κ3) is 4.54. The zero-order valence-electron chi connectivity index (χ0n) is 16.6. The van der Waals surface area contributed by atoms with Crippen LogP contribution in [0, 0.1) is 5.82 Å². The molecular formula is C23H20ClFN4OS. The number of benzene rings is 2. The highest BCUT2D eigenvalue weighted by molar-refractivity contribution is 7.99. The molecule has 0 saturated heterocycles. The van der Waals surface area contributed by atoms with E-state index in [2.05, 4.69) is 26.0 Å². The SMILES string of the molecule is Fc1ccc2cc(CNCc3cn4c(n3)SCC4)c(OCc3ccccc3Cl)nc2c1. The molecule has 8 heteroatoms. The molecule has 4 aromatic rings. The Labute approximate surface area is 188 Å². The van der Waals surface area contributed by atoms with Crippen molar-refractivity contribution in [2.24, 2.45) is 0 Å². The third-order valence-electron chi connectivity index (χ3n) is 5.12. The number of halogens is 2. The average molecular weight is 455 g/mol. The molecule has 1 N–H and O–H groups in total. The number of fused-ring (bicyclic) bond motifs is 2. The molecule has 1 aliphatic heterocycles. The molecule has 0 aliphatic carbocycles. The number of aryl methyl sites for hydroxylation is 1. The minimum Gasteiger partial charge on any atom is -0.472 e. The second-order valence-electron chi connectivity index (χ2n) is 7.33. The molecule has 31 heavy (non-hydrogen) atoms. The van der Waals surface area contributed by atoms with Gasteiger partial charge in [-0.3, -0.25) is 0 Å². The Morgan fingerprint density at radius 3 is 2.87 bits per heavy atom. The molecule has 2 aromatic heterocycles. The van der Waals surface area contributed by atoms with Gasteiger partial charge in [0, 0.05) is 59.2 Å². The van der Waals surface area contributed by atoms with Gasteiger partial charge in [0.25, 0.3) is 0 Å². The number of thioether (sulfide) groups is 1.